The first kappa shape index (κ1) is 23.9. The largest absolute Gasteiger partial charge is 0.494 e. The van der Waals surface area contributed by atoms with Crippen molar-refractivity contribution in [3.63, 3.8) is 0 Å². The van der Waals surface area contributed by atoms with Gasteiger partial charge in [0.25, 0.3) is 11.6 Å². The van der Waals surface area contributed by atoms with E-state index in [9.17, 15) is 14.9 Å². The van der Waals surface area contributed by atoms with Crippen molar-refractivity contribution in [3.05, 3.63) is 58.1 Å². The van der Waals surface area contributed by atoms with Gasteiger partial charge in [0.1, 0.15) is 5.75 Å². The average Bonchev–Trinajstić information content (AvgIpc) is 3.28. The van der Waals surface area contributed by atoms with Crippen molar-refractivity contribution < 1.29 is 14.5 Å². The molecule has 1 amide bonds. The lowest BCUT2D eigenvalue weighted by Crippen LogP contribution is -2.48. The number of aromatic nitrogens is 1. The molecule has 1 saturated heterocycles. The molecule has 0 spiro atoms. The van der Waals surface area contributed by atoms with Gasteiger partial charge in [0.05, 0.1) is 21.7 Å². The molecule has 3 aromatic rings. The minimum Gasteiger partial charge on any atom is -0.494 e. The van der Waals surface area contributed by atoms with E-state index in [0.717, 1.165) is 66.7 Å². The van der Waals surface area contributed by atoms with E-state index in [1.165, 1.54) is 17.4 Å². The zero-order chi connectivity index (χ0) is 23.9. The van der Waals surface area contributed by atoms with E-state index < -0.39 is 0 Å². The molecule has 1 aliphatic rings. The minimum atomic E-state index is -0.380. The van der Waals surface area contributed by atoms with Crippen LogP contribution in [0.4, 0.5) is 10.8 Å². The van der Waals surface area contributed by atoms with E-state index in [-0.39, 0.29) is 16.5 Å². The average molecular weight is 484 g/mol. The molecule has 180 valence electrons. The number of benzene rings is 2. The van der Waals surface area contributed by atoms with Crippen molar-refractivity contribution in [3.8, 4) is 5.75 Å². The third-order valence-electron chi connectivity index (χ3n) is 5.79. The van der Waals surface area contributed by atoms with Crippen molar-refractivity contribution in [1.82, 2.24) is 15.2 Å². The zero-order valence-electron chi connectivity index (χ0n) is 19.2. The molecule has 34 heavy (non-hydrogen) atoms. The number of thiazole rings is 1. The van der Waals surface area contributed by atoms with Gasteiger partial charge < -0.3 is 15.0 Å². The first-order valence-electron chi connectivity index (χ1n) is 11.6. The number of unbranched alkanes of at least 4 members (excludes halogenated alkanes) is 1. The van der Waals surface area contributed by atoms with Gasteiger partial charge in [-0.3, -0.25) is 19.8 Å². The smallest absolute Gasteiger partial charge is 0.270 e. The second kappa shape index (κ2) is 11.3. The molecule has 0 aliphatic carbocycles. The fraction of sp³-hybridized carbons (Fsp3) is 0.417. The predicted molar refractivity (Wildman–Crippen MR) is 134 cm³/mol. The van der Waals surface area contributed by atoms with Crippen LogP contribution < -0.4 is 15.0 Å². The highest BCUT2D eigenvalue weighted by Gasteiger charge is 2.20. The van der Waals surface area contributed by atoms with Crippen LogP contribution in [0.2, 0.25) is 0 Å². The molecule has 10 heteroatoms. The highest BCUT2D eigenvalue weighted by Crippen LogP contribution is 2.31. The van der Waals surface area contributed by atoms with Gasteiger partial charge in [-0.2, -0.15) is 0 Å². The first-order chi connectivity index (χ1) is 16.5. The number of carbonyl (C=O) groups is 1. The number of nitrogens with one attached hydrogen (secondary N) is 1. The number of nitro groups is 1. The molecule has 0 unspecified atom stereocenters. The number of amides is 1. The summed E-state index contributed by atoms with van der Waals surface area (Å²) in [6.07, 6.45) is 2.06. The van der Waals surface area contributed by atoms with E-state index >= 15 is 0 Å². The third kappa shape index (κ3) is 6.00. The Morgan fingerprint density at radius 1 is 1.21 bits per heavy atom. The molecular formula is C24H29N5O4S. The van der Waals surface area contributed by atoms with Crippen LogP contribution in [0, 0.1) is 10.1 Å². The summed E-state index contributed by atoms with van der Waals surface area (Å²) < 4.78 is 6.52. The Balaban J connectivity index is 1.22. The highest BCUT2D eigenvalue weighted by atomic mass is 32.1. The van der Waals surface area contributed by atoms with Crippen molar-refractivity contribution in [2.75, 3.05) is 50.8 Å². The van der Waals surface area contributed by atoms with E-state index in [0.29, 0.717) is 18.7 Å². The second-order valence-corrected chi connectivity index (χ2v) is 9.23. The number of nitro benzene ring substituents is 1. The summed E-state index contributed by atoms with van der Waals surface area (Å²) in [4.78, 5) is 32.3. The number of fused-ring (bicyclic) bond motifs is 1. The number of piperazine rings is 1. The Morgan fingerprint density at radius 3 is 2.79 bits per heavy atom. The summed E-state index contributed by atoms with van der Waals surface area (Å²) >= 11 is 1.49. The molecule has 0 atom stereocenters. The summed E-state index contributed by atoms with van der Waals surface area (Å²) in [6.45, 7) is 7.51. The van der Waals surface area contributed by atoms with Crippen molar-refractivity contribution >= 4 is 38.3 Å². The number of rotatable bonds is 10. The van der Waals surface area contributed by atoms with Crippen LogP contribution in [-0.4, -0.2) is 66.6 Å². The van der Waals surface area contributed by atoms with Gasteiger partial charge in [0.2, 0.25) is 0 Å². The number of non-ortho nitro benzene ring substituents is 1. The van der Waals surface area contributed by atoms with Gasteiger partial charge in [0, 0.05) is 57.0 Å². The van der Waals surface area contributed by atoms with Crippen LogP contribution >= 0.6 is 11.3 Å². The second-order valence-electron chi connectivity index (χ2n) is 8.22. The van der Waals surface area contributed by atoms with Gasteiger partial charge in [-0.15, -0.1) is 0 Å². The molecule has 1 aromatic heterocycles. The third-order valence-corrected chi connectivity index (χ3v) is 6.87. The van der Waals surface area contributed by atoms with Crippen molar-refractivity contribution in [1.29, 1.82) is 0 Å². The normalized spacial score (nSPS) is 14.3. The first-order valence-corrected chi connectivity index (χ1v) is 12.4. The molecule has 2 heterocycles. The van der Waals surface area contributed by atoms with E-state index in [1.807, 2.05) is 12.1 Å². The molecule has 0 saturated carbocycles. The number of anilines is 1. The standard InChI is InChI=1S/C24H29N5O4S/c1-2-3-15-33-20-6-4-5-18(16-20)23(30)25-9-10-27-11-13-28(14-12-27)24-26-21-8-7-19(29(31)32)17-22(21)34-24/h4-8,16-17H,2-3,9-15H2,1H3,(H,25,30). The van der Waals surface area contributed by atoms with E-state index in [2.05, 4.69) is 27.0 Å². The zero-order valence-corrected chi connectivity index (χ0v) is 20.1. The van der Waals surface area contributed by atoms with Crippen LogP contribution in [0.3, 0.4) is 0 Å². The Morgan fingerprint density at radius 2 is 2.03 bits per heavy atom. The quantitative estimate of drug-likeness (QED) is 0.265. The van der Waals surface area contributed by atoms with Gasteiger partial charge in [-0.05, 0) is 30.7 Å². The van der Waals surface area contributed by atoms with E-state index in [1.54, 1.807) is 24.3 Å². The maximum absolute atomic E-state index is 12.5. The lowest BCUT2D eigenvalue weighted by molar-refractivity contribution is -0.384. The molecule has 1 fully saturated rings. The number of hydrogen-bond acceptors (Lipinski definition) is 8. The predicted octanol–water partition coefficient (Wildman–Crippen LogP) is 3.94. The summed E-state index contributed by atoms with van der Waals surface area (Å²) in [5.41, 5.74) is 1.48. The molecule has 0 radical (unpaired) electrons. The SMILES string of the molecule is CCCCOc1cccc(C(=O)NCCN2CCN(c3nc4ccc([N+](=O)[O-])cc4s3)CC2)c1. The summed E-state index contributed by atoms with van der Waals surface area (Å²) in [5.74, 6) is 0.629. The van der Waals surface area contributed by atoms with Gasteiger partial charge in [-0.25, -0.2) is 4.98 Å². The van der Waals surface area contributed by atoms with Gasteiger partial charge in [0.15, 0.2) is 5.13 Å². The number of ether oxygens (including phenoxy) is 1. The monoisotopic (exact) mass is 483 g/mol. The van der Waals surface area contributed by atoms with Crippen molar-refractivity contribution in [2.24, 2.45) is 0 Å². The molecule has 9 nitrogen and oxygen atoms in total. The fourth-order valence-corrected chi connectivity index (χ4v) is 4.85. The summed E-state index contributed by atoms with van der Waals surface area (Å²) in [5, 5.41) is 14.9. The topological polar surface area (TPSA) is 101 Å². The molecule has 1 N–H and O–H groups in total. The number of carbonyl (C=O) groups excluding carboxylic acids is 1. The molecular weight excluding hydrogens is 454 g/mol. The maximum Gasteiger partial charge on any atom is 0.270 e. The highest BCUT2D eigenvalue weighted by molar-refractivity contribution is 7.22. The Hall–Kier alpha value is -3.24. The van der Waals surface area contributed by atoms with Crippen LogP contribution in [0.25, 0.3) is 10.2 Å². The van der Waals surface area contributed by atoms with Crippen LogP contribution in [-0.2, 0) is 0 Å². The van der Waals surface area contributed by atoms with Crippen molar-refractivity contribution in [2.45, 2.75) is 19.8 Å². The molecule has 1 aliphatic heterocycles. The Bertz CT molecular complexity index is 1140. The number of hydrogen-bond donors (Lipinski definition) is 1. The van der Waals surface area contributed by atoms with Crippen LogP contribution in [0.15, 0.2) is 42.5 Å². The van der Waals surface area contributed by atoms with Crippen LogP contribution in [0.1, 0.15) is 30.1 Å². The molecule has 0 bridgehead atoms. The Labute approximate surface area is 202 Å². The molecule has 2 aromatic carbocycles. The Kier molecular flexibility index (Phi) is 7.91. The lowest BCUT2D eigenvalue weighted by Gasteiger charge is -2.34. The van der Waals surface area contributed by atoms with Crippen LogP contribution in [0.5, 0.6) is 5.75 Å². The summed E-state index contributed by atoms with van der Waals surface area (Å²) in [6, 6.07) is 12.1. The van der Waals surface area contributed by atoms with Gasteiger partial charge in [-0.1, -0.05) is 30.7 Å². The lowest BCUT2D eigenvalue weighted by atomic mass is 10.2. The fourth-order valence-electron chi connectivity index (χ4n) is 3.80. The summed E-state index contributed by atoms with van der Waals surface area (Å²) in [7, 11) is 0. The van der Waals surface area contributed by atoms with Gasteiger partial charge >= 0.3 is 0 Å². The van der Waals surface area contributed by atoms with E-state index in [4.69, 9.17) is 4.74 Å². The number of nitrogens with zero attached hydrogens (tertiary/aromatic N) is 4. The molecule has 4 rings (SSSR count). The maximum atomic E-state index is 12.5. The minimum absolute atomic E-state index is 0.0883.